The summed E-state index contributed by atoms with van der Waals surface area (Å²) in [6.07, 6.45) is 4.38. The summed E-state index contributed by atoms with van der Waals surface area (Å²) in [5.74, 6) is 1.43. The van der Waals surface area contributed by atoms with E-state index < -0.39 is 0 Å². The predicted octanol–water partition coefficient (Wildman–Crippen LogP) is 3.29. The Bertz CT molecular complexity index is 473. The normalized spacial score (nSPS) is 17.7. The molecule has 1 N–H and O–H groups in total. The van der Waals surface area contributed by atoms with Gasteiger partial charge in [0.1, 0.15) is 6.61 Å². The Kier molecular flexibility index (Phi) is 6.54. The first-order valence-electron chi connectivity index (χ1n) is 7.17. The van der Waals surface area contributed by atoms with Gasteiger partial charge >= 0.3 is 0 Å². The Morgan fingerprint density at radius 3 is 3.05 bits per heavy atom. The number of nitrogens with one attached hydrogen (secondary N) is 1. The standard InChI is InChI=1S/C16H22BrNO3/c1-3-6-21-16-14(17)8-12(9-15(16)19-2)10-18-11-13-5-4-7-20-13/h3,8-9,13,18H,1,4-7,10-11H2,2H3. The van der Waals surface area contributed by atoms with E-state index in [1.807, 2.05) is 12.1 Å². The van der Waals surface area contributed by atoms with Gasteiger partial charge in [0.15, 0.2) is 11.5 Å². The number of rotatable bonds is 8. The summed E-state index contributed by atoms with van der Waals surface area (Å²) in [5, 5.41) is 3.43. The smallest absolute Gasteiger partial charge is 0.175 e. The maximum atomic E-state index is 5.62. The lowest BCUT2D eigenvalue weighted by Gasteiger charge is -2.15. The summed E-state index contributed by atoms with van der Waals surface area (Å²) < 4.78 is 17.5. The van der Waals surface area contributed by atoms with Crippen molar-refractivity contribution < 1.29 is 14.2 Å². The van der Waals surface area contributed by atoms with Gasteiger partial charge in [-0.1, -0.05) is 12.7 Å². The fourth-order valence-corrected chi connectivity index (χ4v) is 2.94. The Hall–Kier alpha value is -1.04. The van der Waals surface area contributed by atoms with Gasteiger partial charge in [-0.05, 0) is 46.5 Å². The van der Waals surface area contributed by atoms with E-state index in [0.29, 0.717) is 18.5 Å². The fourth-order valence-electron chi connectivity index (χ4n) is 2.34. The minimum Gasteiger partial charge on any atom is -0.493 e. The molecule has 1 aromatic carbocycles. The minimum absolute atomic E-state index is 0.352. The molecular weight excluding hydrogens is 334 g/mol. The van der Waals surface area contributed by atoms with Gasteiger partial charge in [-0.25, -0.2) is 0 Å². The molecule has 2 rings (SSSR count). The van der Waals surface area contributed by atoms with Crippen molar-refractivity contribution in [1.29, 1.82) is 0 Å². The SMILES string of the molecule is C=CCOc1c(Br)cc(CNCC2CCCO2)cc1OC. The number of hydrogen-bond acceptors (Lipinski definition) is 4. The van der Waals surface area contributed by atoms with Crippen LogP contribution < -0.4 is 14.8 Å². The molecule has 1 aliphatic heterocycles. The highest BCUT2D eigenvalue weighted by atomic mass is 79.9. The van der Waals surface area contributed by atoms with Crippen molar-refractivity contribution >= 4 is 15.9 Å². The molecule has 1 heterocycles. The van der Waals surface area contributed by atoms with Gasteiger partial charge < -0.3 is 19.5 Å². The molecule has 0 amide bonds. The fraction of sp³-hybridized carbons (Fsp3) is 0.500. The maximum Gasteiger partial charge on any atom is 0.175 e. The van der Waals surface area contributed by atoms with Gasteiger partial charge in [0, 0.05) is 19.7 Å². The van der Waals surface area contributed by atoms with E-state index >= 15 is 0 Å². The number of ether oxygens (including phenoxy) is 3. The van der Waals surface area contributed by atoms with Crippen LogP contribution in [0.1, 0.15) is 18.4 Å². The molecule has 0 radical (unpaired) electrons. The molecular formula is C16H22BrNO3. The molecule has 5 heteroatoms. The Morgan fingerprint density at radius 1 is 1.52 bits per heavy atom. The quantitative estimate of drug-likeness (QED) is 0.726. The molecule has 1 aliphatic rings. The molecule has 0 spiro atoms. The molecule has 1 saturated heterocycles. The van der Waals surface area contributed by atoms with Gasteiger partial charge in [0.05, 0.1) is 17.7 Å². The van der Waals surface area contributed by atoms with Gasteiger partial charge in [-0.2, -0.15) is 0 Å². The van der Waals surface area contributed by atoms with Crippen LogP contribution in [0.3, 0.4) is 0 Å². The second-order valence-corrected chi connectivity index (χ2v) is 5.83. The zero-order chi connectivity index (χ0) is 15.1. The molecule has 116 valence electrons. The Balaban J connectivity index is 1.96. The summed E-state index contributed by atoms with van der Waals surface area (Å²) in [7, 11) is 1.64. The lowest BCUT2D eigenvalue weighted by atomic mass is 10.2. The highest BCUT2D eigenvalue weighted by Crippen LogP contribution is 2.36. The summed E-state index contributed by atoms with van der Waals surface area (Å²) in [6.45, 7) is 6.65. The van der Waals surface area contributed by atoms with Crippen molar-refractivity contribution in [1.82, 2.24) is 5.32 Å². The van der Waals surface area contributed by atoms with Crippen LogP contribution in [-0.2, 0) is 11.3 Å². The van der Waals surface area contributed by atoms with Gasteiger partial charge in [0.2, 0.25) is 0 Å². The first-order valence-corrected chi connectivity index (χ1v) is 7.96. The molecule has 0 bridgehead atoms. The lowest BCUT2D eigenvalue weighted by molar-refractivity contribution is 0.110. The van der Waals surface area contributed by atoms with Crippen molar-refractivity contribution in [2.45, 2.75) is 25.5 Å². The van der Waals surface area contributed by atoms with Gasteiger partial charge in [-0.3, -0.25) is 0 Å². The van der Waals surface area contributed by atoms with Crippen molar-refractivity contribution in [2.75, 3.05) is 26.9 Å². The molecule has 1 fully saturated rings. The Morgan fingerprint density at radius 2 is 2.38 bits per heavy atom. The van der Waals surface area contributed by atoms with E-state index in [-0.39, 0.29) is 0 Å². The van der Waals surface area contributed by atoms with Crippen molar-refractivity contribution in [2.24, 2.45) is 0 Å². The average molecular weight is 356 g/mol. The molecule has 0 saturated carbocycles. The van der Waals surface area contributed by atoms with E-state index in [1.54, 1.807) is 13.2 Å². The summed E-state index contributed by atoms with van der Waals surface area (Å²) in [4.78, 5) is 0. The van der Waals surface area contributed by atoms with Gasteiger partial charge in [0.25, 0.3) is 0 Å². The van der Waals surface area contributed by atoms with Crippen LogP contribution in [0.4, 0.5) is 0 Å². The monoisotopic (exact) mass is 355 g/mol. The third kappa shape index (κ3) is 4.73. The number of methoxy groups -OCH3 is 1. The summed E-state index contributed by atoms with van der Waals surface area (Å²) >= 11 is 3.54. The van der Waals surface area contributed by atoms with E-state index in [2.05, 4.69) is 27.8 Å². The average Bonchev–Trinajstić information content (AvgIpc) is 2.99. The molecule has 1 unspecified atom stereocenters. The van der Waals surface area contributed by atoms with E-state index in [9.17, 15) is 0 Å². The van der Waals surface area contributed by atoms with E-state index in [0.717, 1.165) is 41.9 Å². The third-order valence-corrected chi connectivity index (χ3v) is 3.95. The number of hydrogen-bond donors (Lipinski definition) is 1. The largest absolute Gasteiger partial charge is 0.493 e. The summed E-state index contributed by atoms with van der Waals surface area (Å²) in [6, 6.07) is 4.04. The number of halogens is 1. The highest BCUT2D eigenvalue weighted by molar-refractivity contribution is 9.10. The molecule has 1 aromatic rings. The molecule has 0 aliphatic carbocycles. The van der Waals surface area contributed by atoms with E-state index in [4.69, 9.17) is 14.2 Å². The van der Waals surface area contributed by atoms with Crippen LogP contribution in [0.2, 0.25) is 0 Å². The zero-order valence-corrected chi connectivity index (χ0v) is 13.9. The first-order chi connectivity index (χ1) is 10.2. The predicted molar refractivity (Wildman–Crippen MR) is 87.1 cm³/mol. The maximum absolute atomic E-state index is 5.62. The Labute approximate surface area is 134 Å². The topological polar surface area (TPSA) is 39.7 Å². The van der Waals surface area contributed by atoms with Crippen LogP contribution in [0.25, 0.3) is 0 Å². The second-order valence-electron chi connectivity index (χ2n) is 4.97. The zero-order valence-electron chi connectivity index (χ0n) is 12.4. The molecule has 1 atom stereocenters. The van der Waals surface area contributed by atoms with Crippen molar-refractivity contribution in [3.8, 4) is 11.5 Å². The van der Waals surface area contributed by atoms with Crippen LogP contribution in [-0.4, -0.2) is 33.0 Å². The van der Waals surface area contributed by atoms with Crippen molar-refractivity contribution in [3.63, 3.8) is 0 Å². The molecule has 21 heavy (non-hydrogen) atoms. The van der Waals surface area contributed by atoms with Crippen LogP contribution >= 0.6 is 15.9 Å². The number of benzene rings is 1. The highest BCUT2D eigenvalue weighted by Gasteiger charge is 2.15. The van der Waals surface area contributed by atoms with Crippen LogP contribution in [0.5, 0.6) is 11.5 Å². The first kappa shape index (κ1) is 16.3. The van der Waals surface area contributed by atoms with Crippen LogP contribution in [0, 0.1) is 0 Å². The van der Waals surface area contributed by atoms with Crippen LogP contribution in [0.15, 0.2) is 29.3 Å². The minimum atomic E-state index is 0.352. The summed E-state index contributed by atoms with van der Waals surface area (Å²) in [5.41, 5.74) is 1.14. The molecule has 4 nitrogen and oxygen atoms in total. The molecule has 0 aromatic heterocycles. The van der Waals surface area contributed by atoms with E-state index in [1.165, 1.54) is 6.42 Å². The van der Waals surface area contributed by atoms with Crippen molar-refractivity contribution in [3.05, 3.63) is 34.8 Å². The van der Waals surface area contributed by atoms with Gasteiger partial charge in [-0.15, -0.1) is 0 Å². The lowest BCUT2D eigenvalue weighted by Crippen LogP contribution is -2.25. The second kappa shape index (κ2) is 8.41. The third-order valence-electron chi connectivity index (χ3n) is 3.36.